The third-order valence-corrected chi connectivity index (χ3v) is 3.01. The molecule has 1 aromatic carbocycles. The van der Waals surface area contributed by atoms with E-state index >= 15 is 0 Å². The quantitative estimate of drug-likeness (QED) is 0.728. The van der Waals surface area contributed by atoms with Gasteiger partial charge in [0, 0.05) is 25.1 Å². The Hall–Kier alpha value is -2.40. The van der Waals surface area contributed by atoms with Gasteiger partial charge in [0.2, 0.25) is 0 Å². The summed E-state index contributed by atoms with van der Waals surface area (Å²) in [5, 5.41) is 0. The van der Waals surface area contributed by atoms with Crippen LogP contribution in [0.1, 0.15) is 0 Å². The summed E-state index contributed by atoms with van der Waals surface area (Å²) < 4.78 is 7.26. The number of para-hydroxylation sites is 1. The Morgan fingerprint density at radius 1 is 1.21 bits per heavy atom. The second kappa shape index (κ2) is 4.70. The molecular formula is C14H14N4O. The predicted molar refractivity (Wildman–Crippen MR) is 74.4 cm³/mol. The summed E-state index contributed by atoms with van der Waals surface area (Å²) in [5.74, 6) is 0.831. The molecule has 0 unspecified atom stereocenters. The van der Waals surface area contributed by atoms with Gasteiger partial charge in [0.05, 0.1) is 11.2 Å². The SMILES string of the molecule is COCn1c(-c2ccncc2)nc2c(N)cccc21. The molecule has 19 heavy (non-hydrogen) atoms. The number of hydrogen-bond acceptors (Lipinski definition) is 4. The van der Waals surface area contributed by atoms with E-state index in [1.165, 1.54) is 0 Å². The van der Waals surface area contributed by atoms with Crippen LogP contribution < -0.4 is 5.73 Å². The van der Waals surface area contributed by atoms with Gasteiger partial charge in [-0.15, -0.1) is 0 Å². The molecule has 0 bridgehead atoms. The Kier molecular flexibility index (Phi) is 2.89. The van der Waals surface area contributed by atoms with Gasteiger partial charge in [-0.2, -0.15) is 0 Å². The van der Waals surface area contributed by atoms with Crippen molar-refractivity contribution in [1.29, 1.82) is 0 Å². The van der Waals surface area contributed by atoms with Crippen LogP contribution in [0.15, 0.2) is 42.7 Å². The third kappa shape index (κ3) is 1.94. The number of nitrogens with two attached hydrogens (primary N) is 1. The first-order valence-corrected chi connectivity index (χ1v) is 5.95. The van der Waals surface area contributed by atoms with Crippen molar-refractivity contribution in [2.75, 3.05) is 12.8 Å². The number of anilines is 1. The molecule has 0 aliphatic heterocycles. The normalized spacial score (nSPS) is 11.0. The first-order valence-electron chi connectivity index (χ1n) is 5.95. The van der Waals surface area contributed by atoms with E-state index < -0.39 is 0 Å². The first kappa shape index (κ1) is 11.7. The second-order valence-electron chi connectivity index (χ2n) is 4.23. The predicted octanol–water partition coefficient (Wildman–Crippen LogP) is 2.28. The number of aromatic nitrogens is 3. The van der Waals surface area contributed by atoms with Crippen LogP contribution in [0.25, 0.3) is 22.4 Å². The van der Waals surface area contributed by atoms with Gasteiger partial charge in [-0.25, -0.2) is 4.98 Å². The van der Waals surface area contributed by atoms with Crippen LogP contribution in [0, 0.1) is 0 Å². The molecule has 3 aromatic rings. The summed E-state index contributed by atoms with van der Waals surface area (Å²) >= 11 is 0. The molecule has 96 valence electrons. The van der Waals surface area contributed by atoms with Crippen LogP contribution in [-0.4, -0.2) is 21.6 Å². The maximum absolute atomic E-state index is 5.98. The first-order chi connectivity index (χ1) is 9.31. The lowest BCUT2D eigenvalue weighted by atomic mass is 10.2. The van der Waals surface area contributed by atoms with Crippen LogP contribution in [-0.2, 0) is 11.5 Å². The van der Waals surface area contributed by atoms with E-state index in [0.717, 1.165) is 22.4 Å². The fourth-order valence-electron chi connectivity index (χ4n) is 2.15. The van der Waals surface area contributed by atoms with E-state index in [1.807, 2.05) is 34.9 Å². The zero-order chi connectivity index (χ0) is 13.2. The summed E-state index contributed by atoms with van der Waals surface area (Å²) in [5.41, 5.74) is 9.41. The van der Waals surface area contributed by atoms with Gasteiger partial charge < -0.3 is 10.5 Å². The second-order valence-corrected chi connectivity index (χ2v) is 4.23. The maximum Gasteiger partial charge on any atom is 0.143 e. The minimum Gasteiger partial charge on any atom is -0.397 e. The molecule has 2 heterocycles. The van der Waals surface area contributed by atoms with E-state index in [-0.39, 0.29) is 0 Å². The van der Waals surface area contributed by atoms with Gasteiger partial charge in [0.25, 0.3) is 0 Å². The maximum atomic E-state index is 5.98. The van der Waals surface area contributed by atoms with Gasteiger partial charge >= 0.3 is 0 Å². The smallest absolute Gasteiger partial charge is 0.143 e. The van der Waals surface area contributed by atoms with Crippen molar-refractivity contribution in [3.05, 3.63) is 42.7 Å². The minimum atomic E-state index is 0.428. The highest BCUT2D eigenvalue weighted by atomic mass is 16.5. The monoisotopic (exact) mass is 254 g/mol. The van der Waals surface area contributed by atoms with E-state index in [0.29, 0.717) is 12.4 Å². The zero-order valence-electron chi connectivity index (χ0n) is 10.6. The molecule has 0 spiro atoms. The fraction of sp³-hybridized carbons (Fsp3) is 0.143. The number of fused-ring (bicyclic) bond motifs is 1. The molecule has 2 aromatic heterocycles. The van der Waals surface area contributed by atoms with Gasteiger partial charge in [-0.05, 0) is 24.3 Å². The van der Waals surface area contributed by atoms with Gasteiger partial charge in [-0.1, -0.05) is 6.07 Å². The summed E-state index contributed by atoms with van der Waals surface area (Å²) in [6.07, 6.45) is 3.49. The van der Waals surface area contributed by atoms with Crippen molar-refractivity contribution in [1.82, 2.24) is 14.5 Å². The van der Waals surface area contributed by atoms with E-state index in [2.05, 4.69) is 9.97 Å². The van der Waals surface area contributed by atoms with Crippen LogP contribution in [0.4, 0.5) is 5.69 Å². The van der Waals surface area contributed by atoms with Crippen LogP contribution in [0.5, 0.6) is 0 Å². The molecule has 5 heteroatoms. The number of imidazole rings is 1. The highest BCUT2D eigenvalue weighted by Crippen LogP contribution is 2.27. The van der Waals surface area contributed by atoms with Crippen molar-refractivity contribution >= 4 is 16.7 Å². The summed E-state index contributed by atoms with van der Waals surface area (Å²) in [6.45, 7) is 0.428. The Labute approximate surface area is 110 Å². The molecule has 0 amide bonds. The number of hydrogen-bond donors (Lipinski definition) is 1. The average molecular weight is 254 g/mol. The van der Waals surface area contributed by atoms with E-state index in [9.17, 15) is 0 Å². The minimum absolute atomic E-state index is 0.428. The number of nitrogens with zero attached hydrogens (tertiary/aromatic N) is 3. The van der Waals surface area contributed by atoms with Crippen LogP contribution in [0.3, 0.4) is 0 Å². The molecule has 0 radical (unpaired) electrons. The Balaban J connectivity index is 2.29. The summed E-state index contributed by atoms with van der Waals surface area (Å²) in [4.78, 5) is 8.66. The average Bonchev–Trinajstić information content (AvgIpc) is 2.81. The van der Waals surface area contributed by atoms with Gasteiger partial charge in [0.15, 0.2) is 0 Å². The third-order valence-electron chi connectivity index (χ3n) is 3.01. The molecular weight excluding hydrogens is 240 g/mol. The molecule has 0 saturated carbocycles. The summed E-state index contributed by atoms with van der Waals surface area (Å²) in [6, 6.07) is 9.60. The zero-order valence-corrected chi connectivity index (χ0v) is 10.6. The molecule has 0 aliphatic rings. The molecule has 2 N–H and O–H groups in total. The van der Waals surface area contributed by atoms with Crippen molar-refractivity contribution in [3.63, 3.8) is 0 Å². The fourth-order valence-corrected chi connectivity index (χ4v) is 2.15. The molecule has 0 saturated heterocycles. The largest absolute Gasteiger partial charge is 0.397 e. The molecule has 0 aliphatic carbocycles. The number of pyridine rings is 1. The number of rotatable bonds is 3. The summed E-state index contributed by atoms with van der Waals surface area (Å²) in [7, 11) is 1.66. The molecule has 0 fully saturated rings. The lowest BCUT2D eigenvalue weighted by Gasteiger charge is -2.07. The molecule has 0 atom stereocenters. The molecule has 3 rings (SSSR count). The molecule has 5 nitrogen and oxygen atoms in total. The Bertz CT molecular complexity index is 706. The van der Waals surface area contributed by atoms with E-state index in [4.69, 9.17) is 10.5 Å². The van der Waals surface area contributed by atoms with Crippen molar-refractivity contribution in [3.8, 4) is 11.4 Å². The van der Waals surface area contributed by atoms with E-state index in [1.54, 1.807) is 19.5 Å². The number of benzene rings is 1. The highest BCUT2D eigenvalue weighted by Gasteiger charge is 2.13. The van der Waals surface area contributed by atoms with Crippen LogP contribution in [0.2, 0.25) is 0 Å². The Morgan fingerprint density at radius 3 is 2.74 bits per heavy atom. The van der Waals surface area contributed by atoms with Gasteiger partial charge in [-0.3, -0.25) is 9.55 Å². The lowest BCUT2D eigenvalue weighted by Crippen LogP contribution is -2.02. The Morgan fingerprint density at radius 2 is 2.00 bits per heavy atom. The standard InChI is InChI=1S/C14H14N4O/c1-19-9-18-12-4-2-3-11(15)13(12)17-14(18)10-5-7-16-8-6-10/h2-8H,9,15H2,1H3. The van der Waals surface area contributed by atoms with Crippen LogP contribution >= 0.6 is 0 Å². The lowest BCUT2D eigenvalue weighted by molar-refractivity contribution is 0.135. The number of ether oxygens (including phenoxy) is 1. The highest BCUT2D eigenvalue weighted by molar-refractivity contribution is 5.90. The van der Waals surface area contributed by atoms with Crippen molar-refractivity contribution < 1.29 is 4.74 Å². The topological polar surface area (TPSA) is 66.0 Å². The van der Waals surface area contributed by atoms with Crippen molar-refractivity contribution in [2.24, 2.45) is 0 Å². The number of nitrogen functional groups attached to an aromatic ring is 1. The van der Waals surface area contributed by atoms with Gasteiger partial charge in [0.1, 0.15) is 18.1 Å². The number of methoxy groups -OCH3 is 1. The van der Waals surface area contributed by atoms with Crippen molar-refractivity contribution in [2.45, 2.75) is 6.73 Å².